The summed E-state index contributed by atoms with van der Waals surface area (Å²) in [6, 6.07) is 3.15. The Labute approximate surface area is 88.8 Å². The number of rotatable bonds is 1. The Morgan fingerprint density at radius 1 is 1.44 bits per heavy atom. The van der Waals surface area contributed by atoms with Crippen molar-refractivity contribution in [1.82, 2.24) is 4.98 Å². The summed E-state index contributed by atoms with van der Waals surface area (Å²) in [5, 5.41) is 11.5. The monoisotopic (exact) mass is 220 g/mol. The van der Waals surface area contributed by atoms with Crippen molar-refractivity contribution in [2.24, 2.45) is 5.16 Å². The van der Waals surface area contributed by atoms with Crippen LogP contribution in [0.4, 0.5) is 0 Å². The highest BCUT2D eigenvalue weighted by Gasteiger charge is 2.06. The highest BCUT2D eigenvalue weighted by atomic mass is 16.4. The smallest absolute Gasteiger partial charge is 0.411 e. The van der Waals surface area contributed by atoms with E-state index < -0.39 is 11.4 Å². The van der Waals surface area contributed by atoms with Gasteiger partial charge in [0.25, 0.3) is 0 Å². The maximum absolute atomic E-state index is 11.4. The lowest BCUT2D eigenvalue weighted by Gasteiger charge is -2.01. The normalized spacial score (nSPS) is 11.3. The minimum absolute atomic E-state index is 0.245. The third kappa shape index (κ3) is 1.60. The predicted octanol–water partition coefficient (Wildman–Crippen LogP) is 0.598. The number of benzene rings is 1. The second-order valence-electron chi connectivity index (χ2n) is 3.31. The molecule has 2 rings (SSSR count). The third-order valence-corrected chi connectivity index (χ3v) is 2.20. The van der Waals surface area contributed by atoms with E-state index in [1.807, 2.05) is 0 Å². The van der Waals surface area contributed by atoms with Gasteiger partial charge < -0.3 is 9.62 Å². The van der Waals surface area contributed by atoms with E-state index in [1.54, 1.807) is 13.0 Å². The topological polar surface area (TPSA) is 95.7 Å². The van der Waals surface area contributed by atoms with E-state index in [0.29, 0.717) is 16.6 Å². The van der Waals surface area contributed by atoms with E-state index in [0.717, 1.165) is 0 Å². The molecule has 0 bridgehead atoms. The van der Waals surface area contributed by atoms with E-state index in [-0.39, 0.29) is 5.39 Å². The van der Waals surface area contributed by atoms with Gasteiger partial charge in [0.15, 0.2) is 0 Å². The molecule has 0 fully saturated rings. The fourth-order valence-corrected chi connectivity index (χ4v) is 1.55. The molecule has 2 N–H and O–H groups in total. The summed E-state index contributed by atoms with van der Waals surface area (Å²) in [5.74, 6) is -0.788. The van der Waals surface area contributed by atoms with Gasteiger partial charge in [0.1, 0.15) is 0 Å². The van der Waals surface area contributed by atoms with Crippen LogP contribution in [0.2, 0.25) is 0 Å². The van der Waals surface area contributed by atoms with Crippen LogP contribution in [-0.2, 0) is 0 Å². The van der Waals surface area contributed by atoms with Crippen LogP contribution in [0.5, 0.6) is 0 Å². The van der Waals surface area contributed by atoms with Gasteiger partial charge in [0.2, 0.25) is 0 Å². The number of H-pyrrole nitrogens is 1. The van der Waals surface area contributed by atoms with Gasteiger partial charge in [-0.05, 0) is 30.2 Å². The summed E-state index contributed by atoms with van der Waals surface area (Å²) in [6.45, 7) is 1.73. The first-order valence-corrected chi connectivity index (χ1v) is 4.47. The van der Waals surface area contributed by atoms with Gasteiger partial charge in [-0.2, -0.15) is 0 Å². The number of hydrogen-bond acceptors (Lipinski definition) is 5. The number of aromatic nitrogens is 1. The molecule has 0 aliphatic carbocycles. The van der Waals surface area contributed by atoms with E-state index in [1.165, 1.54) is 12.3 Å². The van der Waals surface area contributed by atoms with Crippen LogP contribution in [0.15, 0.2) is 31.3 Å². The molecule has 0 amide bonds. The van der Waals surface area contributed by atoms with Crippen molar-refractivity contribution < 1.29 is 9.62 Å². The van der Waals surface area contributed by atoms with Crippen molar-refractivity contribution in [1.29, 1.82) is 0 Å². The molecule has 1 aromatic carbocycles. The van der Waals surface area contributed by atoms with Crippen LogP contribution >= 0.6 is 0 Å². The van der Waals surface area contributed by atoms with Crippen LogP contribution < -0.4 is 11.4 Å². The number of fused-ring (bicyclic) bond motifs is 1. The van der Waals surface area contributed by atoms with Gasteiger partial charge in [0.05, 0.1) is 17.1 Å². The first-order chi connectivity index (χ1) is 7.61. The van der Waals surface area contributed by atoms with Gasteiger partial charge in [-0.3, -0.25) is 4.98 Å². The standard InChI is InChI=1S/C10H8N2O4/c1-5-2-6(4-11-15)3-7-8(5)12-10(14)16-9(7)13/h2-4,15H,1H3,(H,12,14)/b11-4+. The zero-order valence-electron chi connectivity index (χ0n) is 8.35. The van der Waals surface area contributed by atoms with Crippen LogP contribution in [0, 0.1) is 6.92 Å². The van der Waals surface area contributed by atoms with Gasteiger partial charge in [-0.25, -0.2) is 9.59 Å². The third-order valence-electron chi connectivity index (χ3n) is 2.20. The second kappa shape index (κ2) is 3.65. The SMILES string of the molecule is Cc1cc(/C=N/O)cc2c(=O)oc(=O)[nH]c12. The second-order valence-corrected chi connectivity index (χ2v) is 3.31. The summed E-state index contributed by atoms with van der Waals surface area (Å²) in [4.78, 5) is 24.8. The van der Waals surface area contributed by atoms with Crippen LogP contribution in [0.3, 0.4) is 0 Å². The maximum atomic E-state index is 11.4. The highest BCUT2D eigenvalue weighted by Crippen LogP contribution is 2.13. The first kappa shape index (κ1) is 10.2. The molecule has 6 heteroatoms. The van der Waals surface area contributed by atoms with Crippen molar-refractivity contribution in [2.45, 2.75) is 6.92 Å². The number of nitrogens with one attached hydrogen (secondary N) is 1. The van der Waals surface area contributed by atoms with Gasteiger partial charge >= 0.3 is 11.4 Å². The highest BCUT2D eigenvalue weighted by molar-refractivity contribution is 5.89. The number of oxime groups is 1. The lowest BCUT2D eigenvalue weighted by molar-refractivity contribution is 0.322. The van der Waals surface area contributed by atoms with Crippen molar-refractivity contribution in [3.63, 3.8) is 0 Å². The molecule has 0 spiro atoms. The molecule has 82 valence electrons. The van der Waals surface area contributed by atoms with Crippen LogP contribution in [0.1, 0.15) is 11.1 Å². The fraction of sp³-hybridized carbons (Fsp3) is 0.100. The van der Waals surface area contributed by atoms with Crippen LogP contribution in [-0.4, -0.2) is 16.4 Å². The van der Waals surface area contributed by atoms with E-state index in [2.05, 4.69) is 14.6 Å². The Morgan fingerprint density at radius 2 is 2.19 bits per heavy atom. The Balaban J connectivity index is 2.92. The first-order valence-electron chi connectivity index (χ1n) is 4.47. The molecule has 0 atom stereocenters. The molecule has 0 saturated carbocycles. The molecule has 6 nitrogen and oxygen atoms in total. The molecular weight excluding hydrogens is 212 g/mol. The number of aryl methyl sites for hydroxylation is 1. The number of nitrogens with zero attached hydrogens (tertiary/aromatic N) is 1. The zero-order valence-corrected chi connectivity index (χ0v) is 8.35. The summed E-state index contributed by atoms with van der Waals surface area (Å²) in [7, 11) is 0. The summed E-state index contributed by atoms with van der Waals surface area (Å²) < 4.78 is 4.40. The molecule has 1 heterocycles. The number of hydrogen-bond donors (Lipinski definition) is 2. The summed E-state index contributed by atoms with van der Waals surface area (Å²) in [6.07, 6.45) is 1.19. The van der Waals surface area contributed by atoms with E-state index in [4.69, 9.17) is 5.21 Å². The van der Waals surface area contributed by atoms with Crippen LogP contribution in [0.25, 0.3) is 10.9 Å². The van der Waals surface area contributed by atoms with Crippen molar-refractivity contribution in [3.8, 4) is 0 Å². The van der Waals surface area contributed by atoms with Gasteiger partial charge in [-0.15, -0.1) is 0 Å². The fourth-order valence-electron chi connectivity index (χ4n) is 1.55. The van der Waals surface area contributed by atoms with E-state index in [9.17, 15) is 9.59 Å². The average molecular weight is 220 g/mol. The average Bonchev–Trinajstić information content (AvgIpc) is 2.20. The molecule has 1 aromatic heterocycles. The van der Waals surface area contributed by atoms with E-state index >= 15 is 0 Å². The lowest BCUT2D eigenvalue weighted by atomic mass is 10.1. The summed E-state index contributed by atoms with van der Waals surface area (Å²) in [5.41, 5.74) is 0.954. The number of aromatic amines is 1. The molecule has 0 saturated heterocycles. The minimum atomic E-state index is -0.788. The molecule has 0 radical (unpaired) electrons. The zero-order chi connectivity index (χ0) is 11.7. The molecular formula is C10H8N2O4. The maximum Gasteiger partial charge on any atom is 0.419 e. The van der Waals surface area contributed by atoms with Gasteiger partial charge in [0, 0.05) is 0 Å². The Bertz CT molecular complexity index is 681. The molecule has 0 aliphatic rings. The molecule has 0 aliphatic heterocycles. The largest absolute Gasteiger partial charge is 0.419 e. The lowest BCUT2D eigenvalue weighted by Crippen LogP contribution is -2.15. The predicted molar refractivity (Wildman–Crippen MR) is 57.2 cm³/mol. The van der Waals surface area contributed by atoms with Crippen molar-refractivity contribution in [2.75, 3.05) is 0 Å². The molecule has 2 aromatic rings. The molecule has 0 unspecified atom stereocenters. The Morgan fingerprint density at radius 3 is 2.88 bits per heavy atom. The van der Waals surface area contributed by atoms with Gasteiger partial charge in [-0.1, -0.05) is 5.16 Å². The minimum Gasteiger partial charge on any atom is -0.411 e. The molecule has 16 heavy (non-hydrogen) atoms. The Hall–Kier alpha value is -2.37. The summed E-state index contributed by atoms with van der Waals surface area (Å²) >= 11 is 0. The van der Waals surface area contributed by atoms with Crippen molar-refractivity contribution in [3.05, 3.63) is 44.2 Å². The van der Waals surface area contributed by atoms with Crippen molar-refractivity contribution >= 4 is 17.1 Å². The quantitative estimate of drug-likeness (QED) is 0.418. The Kier molecular flexibility index (Phi) is 2.32.